The summed E-state index contributed by atoms with van der Waals surface area (Å²) >= 11 is 0. The number of fused-ring (bicyclic) bond motifs is 1. The van der Waals surface area contributed by atoms with Crippen LogP contribution in [0.15, 0.2) is 53.4 Å². The van der Waals surface area contributed by atoms with Crippen LogP contribution < -0.4 is 0 Å². The van der Waals surface area contributed by atoms with E-state index in [1.54, 1.807) is 16.4 Å². The molecule has 1 atom stereocenters. The summed E-state index contributed by atoms with van der Waals surface area (Å²) in [6.45, 7) is 2.67. The molecular weight excluding hydrogens is 436 g/mol. The van der Waals surface area contributed by atoms with Crippen molar-refractivity contribution in [3.8, 4) is 0 Å². The number of aromatic nitrogens is 2. The minimum atomic E-state index is -3.40. The standard InChI is InChI=1S/C25H30N4O3S/c30-24(14-11-19-9-12-21(13-10-19)33(31,32)29-16-3-4-17-29)28-15-5-6-20(18-28)25-26-22-7-1-2-8-23(22)27-25/h1-2,7-10,12-13,20H,3-6,11,14-18H2,(H,26,27). The van der Waals surface area contributed by atoms with Crippen molar-refractivity contribution in [2.75, 3.05) is 26.2 Å². The highest BCUT2D eigenvalue weighted by atomic mass is 32.2. The average molecular weight is 467 g/mol. The van der Waals surface area contributed by atoms with Crippen molar-refractivity contribution in [3.05, 3.63) is 59.9 Å². The van der Waals surface area contributed by atoms with Crippen LogP contribution in [0, 0.1) is 0 Å². The Balaban J connectivity index is 1.18. The summed E-state index contributed by atoms with van der Waals surface area (Å²) in [5.74, 6) is 1.33. The summed E-state index contributed by atoms with van der Waals surface area (Å²) in [5.41, 5.74) is 2.98. The van der Waals surface area contributed by atoms with Crippen molar-refractivity contribution >= 4 is 27.0 Å². The molecule has 0 saturated carbocycles. The second-order valence-electron chi connectivity index (χ2n) is 9.07. The van der Waals surface area contributed by atoms with Crippen LogP contribution in [0.1, 0.15) is 49.4 Å². The number of H-pyrrole nitrogens is 1. The number of imidazole rings is 1. The number of rotatable bonds is 6. The van der Waals surface area contributed by atoms with Gasteiger partial charge in [0.25, 0.3) is 0 Å². The zero-order valence-electron chi connectivity index (χ0n) is 18.7. The van der Waals surface area contributed by atoms with Gasteiger partial charge in [-0.1, -0.05) is 24.3 Å². The van der Waals surface area contributed by atoms with Gasteiger partial charge in [0.2, 0.25) is 15.9 Å². The number of nitrogens with zero attached hydrogens (tertiary/aromatic N) is 3. The Kier molecular flexibility index (Phi) is 6.21. The first-order chi connectivity index (χ1) is 16.0. The summed E-state index contributed by atoms with van der Waals surface area (Å²) < 4.78 is 26.9. The molecule has 1 amide bonds. The molecule has 2 aromatic carbocycles. The quantitative estimate of drug-likeness (QED) is 0.600. The van der Waals surface area contributed by atoms with Crippen molar-refractivity contribution in [2.45, 2.75) is 49.3 Å². The highest BCUT2D eigenvalue weighted by Crippen LogP contribution is 2.27. The molecule has 1 aromatic heterocycles. The molecule has 3 aromatic rings. The predicted molar refractivity (Wildman–Crippen MR) is 127 cm³/mol. The van der Waals surface area contributed by atoms with E-state index in [1.807, 2.05) is 41.3 Å². The second kappa shape index (κ2) is 9.27. The summed E-state index contributed by atoms with van der Waals surface area (Å²) in [6.07, 6.45) is 4.87. The SMILES string of the molecule is O=C(CCc1ccc(S(=O)(=O)N2CCCC2)cc1)N1CCCC(c2nc3ccccc3[nH]2)C1. The van der Waals surface area contributed by atoms with Gasteiger partial charge in [-0.3, -0.25) is 4.79 Å². The van der Waals surface area contributed by atoms with Crippen molar-refractivity contribution in [2.24, 2.45) is 0 Å². The smallest absolute Gasteiger partial charge is 0.243 e. The molecule has 33 heavy (non-hydrogen) atoms. The molecular formula is C25H30N4O3S. The Hall–Kier alpha value is -2.71. The molecule has 2 aliphatic heterocycles. The number of sulfonamides is 1. The normalized spacial score (nSPS) is 19.9. The van der Waals surface area contributed by atoms with Crippen LogP contribution in [0.3, 0.4) is 0 Å². The number of benzene rings is 2. The van der Waals surface area contributed by atoms with E-state index in [2.05, 4.69) is 4.98 Å². The summed E-state index contributed by atoms with van der Waals surface area (Å²) in [4.78, 5) is 23.4. The Morgan fingerprint density at radius 3 is 2.52 bits per heavy atom. The molecule has 5 rings (SSSR count). The molecule has 0 bridgehead atoms. The lowest BCUT2D eigenvalue weighted by atomic mass is 9.97. The van der Waals surface area contributed by atoms with E-state index in [9.17, 15) is 13.2 Å². The Bertz CT molecular complexity index is 1200. The van der Waals surface area contributed by atoms with E-state index in [-0.39, 0.29) is 11.8 Å². The number of carbonyl (C=O) groups excluding carboxylic acids is 1. The van der Waals surface area contributed by atoms with Crippen LogP contribution in [-0.2, 0) is 21.2 Å². The molecule has 2 aliphatic rings. The third kappa shape index (κ3) is 4.68. The lowest BCUT2D eigenvalue weighted by molar-refractivity contribution is -0.132. The van der Waals surface area contributed by atoms with E-state index >= 15 is 0 Å². The summed E-state index contributed by atoms with van der Waals surface area (Å²) in [6, 6.07) is 15.0. The van der Waals surface area contributed by atoms with E-state index in [0.717, 1.165) is 54.6 Å². The fourth-order valence-corrected chi connectivity index (χ4v) is 6.42. The number of aryl methyl sites for hydroxylation is 1. The summed E-state index contributed by atoms with van der Waals surface area (Å²) in [7, 11) is -3.40. The number of likely N-dealkylation sites (tertiary alicyclic amines) is 1. The predicted octanol–water partition coefficient (Wildman–Crippen LogP) is 3.69. The van der Waals surface area contributed by atoms with Gasteiger partial charge < -0.3 is 9.88 Å². The minimum Gasteiger partial charge on any atom is -0.342 e. The fourth-order valence-electron chi connectivity index (χ4n) is 4.91. The number of aromatic amines is 1. The number of carbonyl (C=O) groups is 1. The van der Waals surface area contributed by atoms with Crippen molar-refractivity contribution in [1.82, 2.24) is 19.2 Å². The lowest BCUT2D eigenvalue weighted by Crippen LogP contribution is -2.39. The van der Waals surface area contributed by atoms with Gasteiger partial charge in [0, 0.05) is 38.5 Å². The second-order valence-corrected chi connectivity index (χ2v) is 11.0. The molecule has 1 unspecified atom stereocenters. The van der Waals surface area contributed by atoms with Crippen molar-refractivity contribution in [3.63, 3.8) is 0 Å². The first kappa shape index (κ1) is 22.1. The van der Waals surface area contributed by atoms with Gasteiger partial charge in [0.1, 0.15) is 5.82 Å². The van der Waals surface area contributed by atoms with Crippen molar-refractivity contribution < 1.29 is 13.2 Å². The lowest BCUT2D eigenvalue weighted by Gasteiger charge is -2.32. The average Bonchev–Trinajstić information content (AvgIpc) is 3.53. The minimum absolute atomic E-state index is 0.143. The molecule has 3 heterocycles. The van der Waals surface area contributed by atoms with Gasteiger partial charge in [-0.15, -0.1) is 0 Å². The number of para-hydroxylation sites is 2. The molecule has 7 nitrogen and oxygen atoms in total. The van der Waals surface area contributed by atoms with Gasteiger partial charge in [-0.05, 0) is 61.9 Å². The Labute approximate surface area is 194 Å². The molecule has 2 saturated heterocycles. The zero-order chi connectivity index (χ0) is 22.8. The monoisotopic (exact) mass is 466 g/mol. The molecule has 0 aliphatic carbocycles. The Morgan fingerprint density at radius 2 is 1.76 bits per heavy atom. The van der Waals surface area contributed by atoms with Gasteiger partial charge in [-0.2, -0.15) is 4.31 Å². The van der Waals surface area contributed by atoms with Crippen LogP contribution in [0.2, 0.25) is 0 Å². The number of hydrogen-bond donors (Lipinski definition) is 1. The number of hydrogen-bond acceptors (Lipinski definition) is 4. The number of piperidine rings is 1. The van der Waals surface area contributed by atoms with Crippen LogP contribution in [0.4, 0.5) is 0 Å². The molecule has 174 valence electrons. The molecule has 0 spiro atoms. The first-order valence-corrected chi connectivity index (χ1v) is 13.3. The highest BCUT2D eigenvalue weighted by Gasteiger charge is 2.28. The van der Waals surface area contributed by atoms with E-state index < -0.39 is 10.0 Å². The van der Waals surface area contributed by atoms with E-state index in [1.165, 1.54) is 0 Å². The van der Waals surface area contributed by atoms with Crippen LogP contribution in [0.25, 0.3) is 11.0 Å². The van der Waals surface area contributed by atoms with Crippen LogP contribution in [-0.4, -0.2) is 59.7 Å². The van der Waals surface area contributed by atoms with Crippen LogP contribution >= 0.6 is 0 Å². The third-order valence-corrected chi connectivity index (χ3v) is 8.74. The van der Waals surface area contributed by atoms with Gasteiger partial charge in [0.05, 0.1) is 15.9 Å². The third-order valence-electron chi connectivity index (χ3n) is 6.82. The maximum Gasteiger partial charge on any atom is 0.243 e. The zero-order valence-corrected chi connectivity index (χ0v) is 19.6. The Morgan fingerprint density at radius 1 is 1.00 bits per heavy atom. The van der Waals surface area contributed by atoms with Gasteiger partial charge >= 0.3 is 0 Å². The molecule has 0 radical (unpaired) electrons. The first-order valence-electron chi connectivity index (χ1n) is 11.8. The number of amides is 1. The summed E-state index contributed by atoms with van der Waals surface area (Å²) in [5, 5.41) is 0. The maximum absolute atomic E-state index is 12.9. The van der Waals surface area contributed by atoms with Gasteiger partial charge in [-0.25, -0.2) is 13.4 Å². The fraction of sp³-hybridized carbons (Fsp3) is 0.440. The van der Waals surface area contributed by atoms with Crippen molar-refractivity contribution in [1.29, 1.82) is 0 Å². The van der Waals surface area contributed by atoms with E-state index in [4.69, 9.17) is 4.98 Å². The highest BCUT2D eigenvalue weighted by molar-refractivity contribution is 7.89. The maximum atomic E-state index is 12.9. The largest absolute Gasteiger partial charge is 0.342 e. The molecule has 2 fully saturated rings. The van der Waals surface area contributed by atoms with E-state index in [0.29, 0.717) is 37.4 Å². The number of nitrogens with one attached hydrogen (secondary N) is 1. The topological polar surface area (TPSA) is 86.4 Å². The van der Waals surface area contributed by atoms with Crippen LogP contribution in [0.5, 0.6) is 0 Å². The molecule has 8 heteroatoms. The molecule has 1 N–H and O–H groups in total. The van der Waals surface area contributed by atoms with Gasteiger partial charge in [0.15, 0.2) is 0 Å².